The Morgan fingerprint density at radius 1 is 1.26 bits per heavy atom. The second-order valence-corrected chi connectivity index (χ2v) is 5.48. The molecule has 2 rings (SSSR count). The van der Waals surface area contributed by atoms with Gasteiger partial charge in [0.05, 0.1) is 6.61 Å². The lowest BCUT2D eigenvalue weighted by Crippen LogP contribution is -2.49. The summed E-state index contributed by atoms with van der Waals surface area (Å²) in [6, 6.07) is 11.3. The highest BCUT2D eigenvalue weighted by Crippen LogP contribution is 2.27. The van der Waals surface area contributed by atoms with Gasteiger partial charge in [-0.15, -0.1) is 0 Å². The quantitative estimate of drug-likeness (QED) is 0.821. The molecule has 1 aromatic rings. The third-order valence-electron chi connectivity index (χ3n) is 3.88. The lowest BCUT2D eigenvalue weighted by molar-refractivity contribution is 0.166. The molecule has 2 N–H and O–H groups in total. The molecule has 0 spiro atoms. The number of aliphatic hydroxyl groups excluding tert-OH is 1. The molecule has 1 aromatic carbocycles. The third-order valence-corrected chi connectivity index (χ3v) is 3.88. The van der Waals surface area contributed by atoms with Gasteiger partial charge in [-0.1, -0.05) is 37.3 Å². The number of nitrogens with one attached hydrogen (secondary N) is 1. The fourth-order valence-corrected chi connectivity index (χ4v) is 3.07. The van der Waals surface area contributed by atoms with Crippen LogP contribution in [-0.4, -0.2) is 48.8 Å². The van der Waals surface area contributed by atoms with Crippen LogP contribution in [0.5, 0.6) is 0 Å². The first-order valence-corrected chi connectivity index (χ1v) is 7.45. The van der Waals surface area contributed by atoms with Crippen molar-refractivity contribution in [2.45, 2.75) is 31.7 Å². The van der Waals surface area contributed by atoms with Gasteiger partial charge in [0.2, 0.25) is 0 Å². The maximum Gasteiger partial charge on any atom is 0.0556 e. The van der Waals surface area contributed by atoms with E-state index in [1.807, 2.05) is 0 Å². The standard InChI is InChI=1S/C16H26N2O/c1-2-9-18-12-15(14-6-4-3-5-7-14)11-16(13-18)17-8-10-19/h3-7,15-17,19H,2,8-13H2,1H3. The van der Waals surface area contributed by atoms with Gasteiger partial charge in [-0.3, -0.25) is 0 Å². The van der Waals surface area contributed by atoms with Crippen LogP contribution in [0.1, 0.15) is 31.2 Å². The van der Waals surface area contributed by atoms with E-state index in [0.29, 0.717) is 18.5 Å². The van der Waals surface area contributed by atoms with E-state index in [1.54, 1.807) is 0 Å². The second kappa shape index (κ2) is 7.63. The summed E-state index contributed by atoms with van der Waals surface area (Å²) in [6.45, 7) is 6.60. The van der Waals surface area contributed by atoms with Crippen LogP contribution < -0.4 is 5.32 Å². The number of hydrogen-bond acceptors (Lipinski definition) is 3. The fourth-order valence-electron chi connectivity index (χ4n) is 3.07. The Bertz CT molecular complexity index is 355. The molecule has 0 bridgehead atoms. The summed E-state index contributed by atoms with van der Waals surface area (Å²) >= 11 is 0. The molecule has 0 amide bonds. The van der Waals surface area contributed by atoms with Crippen molar-refractivity contribution in [1.82, 2.24) is 10.2 Å². The number of likely N-dealkylation sites (tertiary alicyclic amines) is 1. The molecule has 3 nitrogen and oxygen atoms in total. The van der Waals surface area contributed by atoms with Crippen LogP contribution in [0.15, 0.2) is 30.3 Å². The normalized spacial score (nSPS) is 24.5. The smallest absolute Gasteiger partial charge is 0.0556 e. The number of hydrogen-bond donors (Lipinski definition) is 2. The molecular weight excluding hydrogens is 236 g/mol. The molecule has 3 heteroatoms. The van der Waals surface area contributed by atoms with Crippen LogP contribution in [0, 0.1) is 0 Å². The van der Waals surface area contributed by atoms with E-state index in [-0.39, 0.29) is 6.61 Å². The Balaban J connectivity index is 2.01. The van der Waals surface area contributed by atoms with Gasteiger partial charge in [-0.05, 0) is 30.9 Å². The first kappa shape index (κ1) is 14.5. The predicted octanol–water partition coefficient (Wildman–Crippen LogP) is 1.84. The number of aliphatic hydroxyl groups is 1. The van der Waals surface area contributed by atoms with Crippen molar-refractivity contribution in [3.8, 4) is 0 Å². The topological polar surface area (TPSA) is 35.5 Å². The van der Waals surface area contributed by atoms with E-state index < -0.39 is 0 Å². The minimum atomic E-state index is 0.223. The number of piperidine rings is 1. The first-order chi connectivity index (χ1) is 9.33. The molecule has 0 aliphatic carbocycles. The van der Waals surface area contributed by atoms with Crippen LogP contribution in [0.2, 0.25) is 0 Å². The van der Waals surface area contributed by atoms with Crippen molar-refractivity contribution in [1.29, 1.82) is 0 Å². The Labute approximate surface area is 116 Å². The van der Waals surface area contributed by atoms with Gasteiger partial charge >= 0.3 is 0 Å². The maximum atomic E-state index is 8.97. The Morgan fingerprint density at radius 2 is 2.05 bits per heavy atom. The van der Waals surface area contributed by atoms with Crippen molar-refractivity contribution >= 4 is 0 Å². The molecule has 0 radical (unpaired) electrons. The molecule has 1 aliphatic heterocycles. The molecule has 19 heavy (non-hydrogen) atoms. The molecule has 2 atom stereocenters. The van der Waals surface area contributed by atoms with Gasteiger partial charge in [-0.25, -0.2) is 0 Å². The van der Waals surface area contributed by atoms with Crippen LogP contribution in [0.4, 0.5) is 0 Å². The lowest BCUT2D eigenvalue weighted by atomic mass is 9.88. The van der Waals surface area contributed by atoms with E-state index in [1.165, 1.54) is 24.9 Å². The highest BCUT2D eigenvalue weighted by Gasteiger charge is 2.27. The molecule has 2 unspecified atom stereocenters. The monoisotopic (exact) mass is 262 g/mol. The number of rotatable bonds is 6. The summed E-state index contributed by atoms with van der Waals surface area (Å²) in [4.78, 5) is 2.55. The number of nitrogens with zero attached hydrogens (tertiary/aromatic N) is 1. The number of benzene rings is 1. The zero-order valence-corrected chi connectivity index (χ0v) is 11.9. The van der Waals surface area contributed by atoms with Crippen molar-refractivity contribution < 1.29 is 5.11 Å². The Hall–Kier alpha value is -0.900. The van der Waals surface area contributed by atoms with Gasteiger partial charge in [0.25, 0.3) is 0 Å². The third kappa shape index (κ3) is 4.30. The summed E-state index contributed by atoms with van der Waals surface area (Å²) < 4.78 is 0. The second-order valence-electron chi connectivity index (χ2n) is 5.48. The SMILES string of the molecule is CCCN1CC(NCCO)CC(c2ccccc2)C1. The van der Waals surface area contributed by atoms with Crippen molar-refractivity contribution in [2.24, 2.45) is 0 Å². The Morgan fingerprint density at radius 3 is 2.74 bits per heavy atom. The summed E-state index contributed by atoms with van der Waals surface area (Å²) in [5, 5.41) is 12.4. The summed E-state index contributed by atoms with van der Waals surface area (Å²) in [5.74, 6) is 0.609. The lowest BCUT2D eigenvalue weighted by Gasteiger charge is -2.38. The van der Waals surface area contributed by atoms with Crippen molar-refractivity contribution in [3.63, 3.8) is 0 Å². The van der Waals surface area contributed by atoms with E-state index in [2.05, 4.69) is 47.5 Å². The fraction of sp³-hybridized carbons (Fsp3) is 0.625. The van der Waals surface area contributed by atoms with E-state index in [9.17, 15) is 0 Å². The highest BCUT2D eigenvalue weighted by molar-refractivity contribution is 5.21. The summed E-state index contributed by atoms with van der Waals surface area (Å²) in [6.07, 6.45) is 2.37. The first-order valence-electron chi connectivity index (χ1n) is 7.45. The van der Waals surface area contributed by atoms with Crippen molar-refractivity contribution in [2.75, 3.05) is 32.8 Å². The van der Waals surface area contributed by atoms with Crippen LogP contribution in [0.25, 0.3) is 0 Å². The molecule has 1 fully saturated rings. The molecule has 0 saturated carbocycles. The largest absolute Gasteiger partial charge is 0.395 e. The molecule has 1 saturated heterocycles. The average molecular weight is 262 g/mol. The van der Waals surface area contributed by atoms with Crippen LogP contribution in [0.3, 0.4) is 0 Å². The van der Waals surface area contributed by atoms with E-state index in [4.69, 9.17) is 5.11 Å². The van der Waals surface area contributed by atoms with Gasteiger partial charge in [0, 0.05) is 25.7 Å². The summed E-state index contributed by atoms with van der Waals surface area (Å²) in [7, 11) is 0. The average Bonchev–Trinajstić information content (AvgIpc) is 2.46. The van der Waals surface area contributed by atoms with Gasteiger partial charge in [0.15, 0.2) is 0 Å². The van der Waals surface area contributed by atoms with Gasteiger partial charge in [-0.2, -0.15) is 0 Å². The molecular formula is C16H26N2O. The molecule has 1 aliphatic rings. The van der Waals surface area contributed by atoms with Gasteiger partial charge in [0.1, 0.15) is 0 Å². The molecule has 106 valence electrons. The van der Waals surface area contributed by atoms with Crippen LogP contribution in [-0.2, 0) is 0 Å². The molecule has 0 aromatic heterocycles. The zero-order chi connectivity index (χ0) is 13.5. The van der Waals surface area contributed by atoms with E-state index in [0.717, 1.165) is 13.1 Å². The molecule has 1 heterocycles. The minimum absolute atomic E-state index is 0.223. The van der Waals surface area contributed by atoms with Crippen LogP contribution >= 0.6 is 0 Å². The predicted molar refractivity (Wildman–Crippen MR) is 79.4 cm³/mol. The minimum Gasteiger partial charge on any atom is -0.395 e. The van der Waals surface area contributed by atoms with Crippen molar-refractivity contribution in [3.05, 3.63) is 35.9 Å². The van der Waals surface area contributed by atoms with E-state index >= 15 is 0 Å². The Kier molecular flexibility index (Phi) is 5.83. The highest BCUT2D eigenvalue weighted by atomic mass is 16.3. The zero-order valence-electron chi connectivity index (χ0n) is 11.9. The maximum absolute atomic E-state index is 8.97. The van der Waals surface area contributed by atoms with Gasteiger partial charge < -0.3 is 15.3 Å². The summed E-state index contributed by atoms with van der Waals surface area (Å²) in [5.41, 5.74) is 1.44.